The van der Waals surface area contributed by atoms with Gasteiger partial charge in [0.05, 0.1) is 0 Å². The van der Waals surface area contributed by atoms with Gasteiger partial charge >= 0.3 is 0 Å². The first-order valence-electron chi connectivity index (χ1n) is 8.27. The minimum atomic E-state index is -0.426. The van der Waals surface area contributed by atoms with E-state index in [4.69, 9.17) is 17.0 Å². The standard InChI is InChI=1S/C20H21N3O3S/c1-14-7-9-16(10-8-14)11-12-18(24)21-20(27)23-22-19(25)13-26-17-6-4-3-5-15(17)2/h3-12H,13H2,1-2H3,(H,22,25)(H2,21,23,24,27). The van der Waals surface area contributed by atoms with Gasteiger partial charge in [0.2, 0.25) is 5.91 Å². The Hall–Kier alpha value is -3.19. The maximum Gasteiger partial charge on any atom is 0.276 e. The highest BCUT2D eigenvalue weighted by atomic mass is 32.1. The SMILES string of the molecule is Cc1ccc(C=CC(=O)NC(=S)NNC(=O)COc2ccccc2C)cc1. The van der Waals surface area contributed by atoms with E-state index >= 15 is 0 Å². The van der Waals surface area contributed by atoms with Crippen molar-refractivity contribution in [1.29, 1.82) is 0 Å². The molecule has 2 amide bonds. The van der Waals surface area contributed by atoms with Crippen LogP contribution in [0.5, 0.6) is 5.75 Å². The third kappa shape index (κ3) is 7.29. The van der Waals surface area contributed by atoms with E-state index in [0.29, 0.717) is 5.75 Å². The van der Waals surface area contributed by atoms with Crippen LogP contribution in [0, 0.1) is 13.8 Å². The summed E-state index contributed by atoms with van der Waals surface area (Å²) in [6.45, 7) is 3.70. The Morgan fingerprint density at radius 1 is 1.04 bits per heavy atom. The van der Waals surface area contributed by atoms with Gasteiger partial charge in [0.15, 0.2) is 11.7 Å². The van der Waals surface area contributed by atoms with Crippen molar-refractivity contribution in [3.63, 3.8) is 0 Å². The van der Waals surface area contributed by atoms with Gasteiger partial charge in [-0.3, -0.25) is 25.8 Å². The van der Waals surface area contributed by atoms with Gasteiger partial charge in [0.1, 0.15) is 5.75 Å². The molecule has 2 aromatic carbocycles. The lowest BCUT2D eigenvalue weighted by Gasteiger charge is -2.11. The molecule has 140 valence electrons. The summed E-state index contributed by atoms with van der Waals surface area (Å²) in [5, 5.41) is 2.42. The predicted octanol–water partition coefficient (Wildman–Crippen LogP) is 2.42. The van der Waals surface area contributed by atoms with Crippen LogP contribution in [-0.4, -0.2) is 23.5 Å². The predicted molar refractivity (Wildman–Crippen MR) is 109 cm³/mol. The van der Waals surface area contributed by atoms with Crippen molar-refractivity contribution in [3.05, 3.63) is 71.3 Å². The smallest absolute Gasteiger partial charge is 0.276 e. The Labute approximate surface area is 163 Å². The first-order valence-corrected chi connectivity index (χ1v) is 8.68. The van der Waals surface area contributed by atoms with Crippen molar-refractivity contribution in [2.75, 3.05) is 6.61 Å². The molecule has 3 N–H and O–H groups in total. The molecule has 0 fully saturated rings. The highest BCUT2D eigenvalue weighted by Gasteiger charge is 2.06. The fraction of sp³-hybridized carbons (Fsp3) is 0.150. The van der Waals surface area contributed by atoms with Gasteiger partial charge in [0.25, 0.3) is 5.91 Å². The number of thiocarbonyl (C=S) groups is 1. The Kier molecular flexibility index (Phi) is 7.51. The molecular formula is C20H21N3O3S. The summed E-state index contributed by atoms with van der Waals surface area (Å²) < 4.78 is 5.41. The van der Waals surface area contributed by atoms with Crippen LogP contribution in [-0.2, 0) is 9.59 Å². The number of nitrogens with one attached hydrogen (secondary N) is 3. The second kappa shape index (κ2) is 10.1. The zero-order valence-corrected chi connectivity index (χ0v) is 15.9. The molecule has 0 heterocycles. The molecule has 0 unspecified atom stereocenters. The largest absolute Gasteiger partial charge is 0.483 e. The number of benzene rings is 2. The van der Waals surface area contributed by atoms with E-state index in [2.05, 4.69) is 16.2 Å². The summed E-state index contributed by atoms with van der Waals surface area (Å²) in [5.74, 6) is -0.201. The summed E-state index contributed by atoms with van der Waals surface area (Å²) >= 11 is 4.96. The fourth-order valence-corrected chi connectivity index (χ4v) is 2.21. The quantitative estimate of drug-likeness (QED) is 0.420. The van der Waals surface area contributed by atoms with Crippen LogP contribution in [0.4, 0.5) is 0 Å². The minimum absolute atomic E-state index is 0.0159. The number of ether oxygens (including phenoxy) is 1. The Morgan fingerprint density at radius 3 is 2.44 bits per heavy atom. The summed E-state index contributed by atoms with van der Waals surface area (Å²) in [6.07, 6.45) is 3.04. The summed E-state index contributed by atoms with van der Waals surface area (Å²) in [6, 6.07) is 15.1. The molecule has 2 aromatic rings. The highest BCUT2D eigenvalue weighted by molar-refractivity contribution is 7.80. The molecule has 0 bridgehead atoms. The van der Waals surface area contributed by atoms with Gasteiger partial charge in [-0.1, -0.05) is 48.0 Å². The van der Waals surface area contributed by atoms with Gasteiger partial charge in [0, 0.05) is 6.08 Å². The van der Waals surface area contributed by atoms with E-state index in [0.717, 1.165) is 16.7 Å². The normalized spacial score (nSPS) is 10.3. The average molecular weight is 383 g/mol. The Balaban J connectivity index is 1.70. The van der Waals surface area contributed by atoms with Gasteiger partial charge in [-0.2, -0.15) is 0 Å². The fourth-order valence-electron chi connectivity index (χ4n) is 2.06. The van der Waals surface area contributed by atoms with Crippen LogP contribution < -0.4 is 20.9 Å². The number of carbonyl (C=O) groups excluding carboxylic acids is 2. The molecule has 0 aromatic heterocycles. The molecule has 0 aliphatic rings. The van der Waals surface area contributed by atoms with Gasteiger partial charge in [-0.05, 0) is 49.3 Å². The number of hydrogen-bond donors (Lipinski definition) is 3. The molecule has 7 heteroatoms. The number of para-hydroxylation sites is 1. The molecule has 0 aliphatic carbocycles. The minimum Gasteiger partial charge on any atom is -0.483 e. The highest BCUT2D eigenvalue weighted by Crippen LogP contribution is 2.15. The van der Waals surface area contributed by atoms with Crippen LogP contribution >= 0.6 is 12.2 Å². The number of amides is 2. The molecule has 27 heavy (non-hydrogen) atoms. The van der Waals surface area contributed by atoms with Crippen molar-refractivity contribution in [2.24, 2.45) is 0 Å². The van der Waals surface area contributed by atoms with Gasteiger partial charge in [-0.25, -0.2) is 0 Å². The second-order valence-electron chi connectivity index (χ2n) is 5.79. The first-order chi connectivity index (χ1) is 12.9. The molecule has 0 aliphatic heterocycles. The maximum absolute atomic E-state index is 11.8. The zero-order valence-electron chi connectivity index (χ0n) is 15.1. The van der Waals surface area contributed by atoms with E-state index in [9.17, 15) is 9.59 Å². The van der Waals surface area contributed by atoms with E-state index in [1.807, 2.05) is 56.3 Å². The summed E-state index contributed by atoms with van der Waals surface area (Å²) in [4.78, 5) is 23.6. The van der Waals surface area contributed by atoms with Crippen molar-refractivity contribution in [3.8, 4) is 5.75 Å². The Bertz CT molecular complexity index is 848. The molecule has 2 rings (SSSR count). The Morgan fingerprint density at radius 2 is 1.74 bits per heavy atom. The van der Waals surface area contributed by atoms with E-state index in [-0.39, 0.29) is 11.7 Å². The zero-order chi connectivity index (χ0) is 19.6. The van der Waals surface area contributed by atoms with E-state index in [1.165, 1.54) is 6.08 Å². The second-order valence-corrected chi connectivity index (χ2v) is 6.20. The molecule has 0 radical (unpaired) electrons. The molecule has 0 saturated carbocycles. The van der Waals surface area contributed by atoms with Crippen LogP contribution in [0.25, 0.3) is 6.08 Å². The van der Waals surface area contributed by atoms with Crippen molar-refractivity contribution in [2.45, 2.75) is 13.8 Å². The molecular weight excluding hydrogens is 362 g/mol. The number of hydrazine groups is 1. The van der Waals surface area contributed by atoms with Crippen LogP contribution in [0.3, 0.4) is 0 Å². The third-order valence-corrected chi connectivity index (χ3v) is 3.71. The van der Waals surface area contributed by atoms with Crippen LogP contribution in [0.2, 0.25) is 0 Å². The maximum atomic E-state index is 11.8. The number of carbonyl (C=O) groups is 2. The molecule has 6 nitrogen and oxygen atoms in total. The number of rotatable bonds is 5. The summed E-state index contributed by atoms with van der Waals surface area (Å²) in [5.41, 5.74) is 7.79. The summed E-state index contributed by atoms with van der Waals surface area (Å²) in [7, 11) is 0. The van der Waals surface area contributed by atoms with Crippen molar-refractivity contribution >= 4 is 35.2 Å². The van der Waals surface area contributed by atoms with Crippen LogP contribution in [0.15, 0.2) is 54.6 Å². The van der Waals surface area contributed by atoms with Crippen molar-refractivity contribution < 1.29 is 14.3 Å². The lowest BCUT2D eigenvalue weighted by atomic mass is 10.1. The monoisotopic (exact) mass is 383 g/mol. The van der Waals surface area contributed by atoms with Crippen molar-refractivity contribution in [1.82, 2.24) is 16.2 Å². The van der Waals surface area contributed by atoms with E-state index in [1.54, 1.807) is 12.1 Å². The number of aryl methyl sites for hydroxylation is 2. The molecule has 0 saturated heterocycles. The van der Waals surface area contributed by atoms with E-state index < -0.39 is 11.8 Å². The lowest BCUT2D eigenvalue weighted by Crippen LogP contribution is -2.49. The number of hydrogen-bond acceptors (Lipinski definition) is 4. The molecule has 0 atom stereocenters. The van der Waals surface area contributed by atoms with Gasteiger partial charge < -0.3 is 4.74 Å². The first kappa shape index (κ1) is 20.1. The third-order valence-electron chi connectivity index (χ3n) is 3.51. The average Bonchev–Trinajstić information content (AvgIpc) is 2.65. The van der Waals surface area contributed by atoms with Gasteiger partial charge in [-0.15, -0.1) is 0 Å². The lowest BCUT2D eigenvalue weighted by molar-refractivity contribution is -0.123. The molecule has 0 spiro atoms. The topological polar surface area (TPSA) is 79.5 Å². The van der Waals surface area contributed by atoms with Crippen LogP contribution in [0.1, 0.15) is 16.7 Å².